The maximum absolute atomic E-state index is 5.50. The third kappa shape index (κ3) is 5.57. The summed E-state index contributed by atoms with van der Waals surface area (Å²) in [5.41, 5.74) is 1.28. The molecule has 0 spiro atoms. The number of hydrogen-bond acceptors (Lipinski definition) is 3. The quantitative estimate of drug-likeness (QED) is 0.709. The summed E-state index contributed by atoms with van der Waals surface area (Å²) >= 11 is 0. The van der Waals surface area contributed by atoms with Crippen LogP contribution in [0.3, 0.4) is 0 Å². The number of nitrogens with one attached hydrogen (secondary N) is 1. The maximum Gasteiger partial charge on any atom is 0.185 e. The van der Waals surface area contributed by atoms with Gasteiger partial charge < -0.3 is 14.4 Å². The first-order chi connectivity index (χ1) is 7.86. The number of hydrogen-bond donors (Lipinski definition) is 1. The van der Waals surface area contributed by atoms with E-state index in [0.29, 0.717) is 13.2 Å². The molecule has 0 aliphatic rings. The van der Waals surface area contributed by atoms with Gasteiger partial charge in [0.1, 0.15) is 0 Å². The zero-order valence-electron chi connectivity index (χ0n) is 9.98. The average Bonchev–Trinajstić information content (AvgIpc) is 2.31. The lowest BCUT2D eigenvalue weighted by atomic mass is 10.2. The third-order valence-corrected chi connectivity index (χ3v) is 3.53. The van der Waals surface area contributed by atoms with E-state index >= 15 is 0 Å². The smallest absolute Gasteiger partial charge is 0.185 e. The van der Waals surface area contributed by atoms with Gasteiger partial charge in [-0.2, -0.15) is 0 Å². The van der Waals surface area contributed by atoms with Crippen LogP contribution in [0.25, 0.3) is 0 Å². The van der Waals surface area contributed by atoms with Crippen molar-refractivity contribution in [2.45, 2.75) is 20.4 Å². The van der Waals surface area contributed by atoms with Crippen LogP contribution in [-0.2, 0) is 15.6 Å². The van der Waals surface area contributed by atoms with Gasteiger partial charge in [0.05, 0.1) is 19.5 Å². The van der Waals surface area contributed by atoms with Crippen LogP contribution in [0.5, 0.6) is 0 Å². The molecule has 0 aromatic heterocycles. The highest BCUT2D eigenvalue weighted by atomic mass is 31.2. The average molecular weight is 241 g/mol. The van der Waals surface area contributed by atoms with Crippen LogP contribution < -0.4 is 5.32 Å². The molecule has 0 aliphatic carbocycles. The Kier molecular flexibility index (Phi) is 7.35. The molecule has 0 saturated heterocycles. The van der Waals surface area contributed by atoms with Crippen LogP contribution in [0, 0.1) is 0 Å². The number of rotatable bonds is 8. The lowest BCUT2D eigenvalue weighted by molar-refractivity contribution is 0.267. The molecule has 0 radical (unpaired) electrons. The molecule has 1 N–H and O–H groups in total. The van der Waals surface area contributed by atoms with Crippen molar-refractivity contribution in [2.75, 3.05) is 19.5 Å². The summed E-state index contributed by atoms with van der Waals surface area (Å²) in [6, 6.07) is 10.3. The van der Waals surface area contributed by atoms with Gasteiger partial charge in [-0.3, -0.25) is 0 Å². The minimum atomic E-state index is -0.768. The maximum atomic E-state index is 5.50. The molecule has 4 heteroatoms. The van der Waals surface area contributed by atoms with Crippen LogP contribution in [0.1, 0.15) is 19.4 Å². The van der Waals surface area contributed by atoms with E-state index in [9.17, 15) is 0 Å². The molecule has 0 saturated carbocycles. The SMILES string of the molecule is CCOP(CNCc1ccccc1)OCC. The minimum Gasteiger partial charge on any atom is -0.333 e. The fourth-order valence-corrected chi connectivity index (χ4v) is 2.43. The molecule has 16 heavy (non-hydrogen) atoms. The summed E-state index contributed by atoms with van der Waals surface area (Å²) in [6.45, 7) is 6.26. The Hall–Kier alpha value is -0.470. The van der Waals surface area contributed by atoms with Crippen molar-refractivity contribution < 1.29 is 9.05 Å². The zero-order chi connectivity index (χ0) is 11.6. The highest BCUT2D eigenvalue weighted by molar-refractivity contribution is 7.47. The summed E-state index contributed by atoms with van der Waals surface area (Å²) in [5.74, 6) is 0. The van der Waals surface area contributed by atoms with Gasteiger partial charge in [-0.15, -0.1) is 0 Å². The molecule has 0 heterocycles. The van der Waals surface area contributed by atoms with Crippen molar-refractivity contribution in [3.05, 3.63) is 35.9 Å². The largest absolute Gasteiger partial charge is 0.333 e. The minimum absolute atomic E-state index is 0.707. The van der Waals surface area contributed by atoms with Crippen molar-refractivity contribution in [1.82, 2.24) is 5.32 Å². The van der Waals surface area contributed by atoms with Crippen molar-refractivity contribution in [3.8, 4) is 0 Å². The van der Waals surface area contributed by atoms with Gasteiger partial charge in [0, 0.05) is 6.54 Å². The molecule has 0 unspecified atom stereocenters. The van der Waals surface area contributed by atoms with Crippen LogP contribution in [0.2, 0.25) is 0 Å². The Morgan fingerprint density at radius 2 is 1.69 bits per heavy atom. The van der Waals surface area contributed by atoms with E-state index in [0.717, 1.165) is 12.8 Å². The van der Waals surface area contributed by atoms with Gasteiger partial charge in [0.15, 0.2) is 8.38 Å². The van der Waals surface area contributed by atoms with Crippen LogP contribution in [0.4, 0.5) is 0 Å². The molecular formula is C12H20NO2P. The lowest BCUT2D eigenvalue weighted by Gasteiger charge is -2.16. The second kappa shape index (κ2) is 8.66. The molecule has 0 aliphatic heterocycles. The van der Waals surface area contributed by atoms with Gasteiger partial charge in [0.2, 0.25) is 0 Å². The summed E-state index contributed by atoms with van der Waals surface area (Å²) < 4.78 is 11.0. The van der Waals surface area contributed by atoms with E-state index in [1.165, 1.54) is 5.56 Å². The van der Waals surface area contributed by atoms with Crippen LogP contribution in [-0.4, -0.2) is 19.5 Å². The van der Waals surface area contributed by atoms with Crippen LogP contribution >= 0.6 is 8.38 Å². The van der Waals surface area contributed by atoms with E-state index in [1.54, 1.807) is 0 Å². The van der Waals surface area contributed by atoms with E-state index in [-0.39, 0.29) is 0 Å². The van der Waals surface area contributed by atoms with Crippen LogP contribution in [0.15, 0.2) is 30.3 Å². The third-order valence-electron chi connectivity index (χ3n) is 1.96. The van der Waals surface area contributed by atoms with Gasteiger partial charge in [-0.1, -0.05) is 30.3 Å². The summed E-state index contributed by atoms with van der Waals surface area (Å²) in [7, 11) is -0.768. The Morgan fingerprint density at radius 1 is 1.06 bits per heavy atom. The molecule has 1 aromatic carbocycles. The molecule has 0 fully saturated rings. The van der Waals surface area contributed by atoms with Crippen molar-refractivity contribution in [3.63, 3.8) is 0 Å². The van der Waals surface area contributed by atoms with Crippen molar-refractivity contribution >= 4 is 8.38 Å². The first kappa shape index (κ1) is 13.6. The molecule has 1 aromatic rings. The number of benzene rings is 1. The Balaban J connectivity index is 2.22. The molecule has 1 rings (SSSR count). The molecule has 0 bridgehead atoms. The Bertz CT molecular complexity index is 263. The highest BCUT2D eigenvalue weighted by Crippen LogP contribution is 2.36. The highest BCUT2D eigenvalue weighted by Gasteiger charge is 2.07. The molecule has 0 atom stereocenters. The van der Waals surface area contributed by atoms with Gasteiger partial charge in [0.25, 0.3) is 0 Å². The van der Waals surface area contributed by atoms with E-state index in [4.69, 9.17) is 9.05 Å². The van der Waals surface area contributed by atoms with E-state index in [1.807, 2.05) is 32.0 Å². The van der Waals surface area contributed by atoms with Crippen molar-refractivity contribution in [2.24, 2.45) is 0 Å². The lowest BCUT2D eigenvalue weighted by Crippen LogP contribution is -2.15. The fraction of sp³-hybridized carbons (Fsp3) is 0.500. The zero-order valence-corrected chi connectivity index (χ0v) is 10.9. The molecule has 0 amide bonds. The standard InChI is InChI=1S/C12H20NO2P/c1-3-14-16(15-4-2)11-13-10-12-8-6-5-7-9-12/h5-9,13H,3-4,10-11H2,1-2H3. The monoisotopic (exact) mass is 241 g/mol. The first-order valence-corrected chi connectivity index (χ1v) is 7.01. The summed E-state index contributed by atoms with van der Waals surface area (Å²) in [5, 5.41) is 3.35. The molecule has 90 valence electrons. The topological polar surface area (TPSA) is 30.5 Å². The normalized spacial score (nSPS) is 10.9. The predicted molar refractivity (Wildman–Crippen MR) is 68.3 cm³/mol. The summed E-state index contributed by atoms with van der Waals surface area (Å²) in [4.78, 5) is 0. The fourth-order valence-electron chi connectivity index (χ4n) is 1.30. The van der Waals surface area contributed by atoms with E-state index < -0.39 is 8.38 Å². The first-order valence-electron chi connectivity index (χ1n) is 5.64. The second-order valence-corrected chi connectivity index (χ2v) is 4.74. The summed E-state index contributed by atoms with van der Waals surface area (Å²) in [6.07, 6.45) is 0.784. The molecule has 3 nitrogen and oxygen atoms in total. The Labute approximate surface area is 99.1 Å². The molecular weight excluding hydrogens is 221 g/mol. The van der Waals surface area contributed by atoms with Gasteiger partial charge in [-0.25, -0.2) is 0 Å². The van der Waals surface area contributed by atoms with E-state index in [2.05, 4.69) is 17.4 Å². The predicted octanol–water partition coefficient (Wildman–Crippen LogP) is 3.12. The Morgan fingerprint density at radius 3 is 2.25 bits per heavy atom. The van der Waals surface area contributed by atoms with Gasteiger partial charge >= 0.3 is 0 Å². The van der Waals surface area contributed by atoms with Crippen molar-refractivity contribution in [1.29, 1.82) is 0 Å². The second-order valence-electron chi connectivity index (χ2n) is 3.24. The van der Waals surface area contributed by atoms with Gasteiger partial charge in [-0.05, 0) is 19.4 Å².